The molecule has 2 N–H and O–H groups in total. The van der Waals surface area contributed by atoms with Crippen LogP contribution in [0.5, 0.6) is 0 Å². The van der Waals surface area contributed by atoms with Crippen LogP contribution in [0.4, 0.5) is 5.82 Å². The Bertz CT molecular complexity index is 1140. The maximum Gasteiger partial charge on any atom is 0.257 e. The smallest absolute Gasteiger partial charge is 0.257 e. The van der Waals surface area contributed by atoms with Gasteiger partial charge in [-0.2, -0.15) is 0 Å². The number of rotatable bonds is 8. The predicted octanol–water partition coefficient (Wildman–Crippen LogP) is 3.84. The van der Waals surface area contributed by atoms with E-state index in [0.717, 1.165) is 31.9 Å². The number of hydrogen-bond acceptors (Lipinski definition) is 6. The van der Waals surface area contributed by atoms with E-state index in [1.165, 1.54) is 24.5 Å². The summed E-state index contributed by atoms with van der Waals surface area (Å²) < 4.78 is 23.8. The Kier molecular flexibility index (Phi) is 7.82. The number of aromatic nitrogens is 2. The van der Waals surface area contributed by atoms with Crippen LogP contribution in [0.15, 0.2) is 53.7 Å². The van der Waals surface area contributed by atoms with Crippen LogP contribution in [0.1, 0.15) is 36.9 Å². The standard InChI is InChI=1S/C23H26ClN3O4S/c1-15(14-28)9-18-12-26-22(13-25-18)27-23(29)19(10-16-5-3-4-6-16)17-7-8-21(20(24)11-17)32(2,30)31/h7-8,10-13,16,28H,1,3-6,9,14H2,2H3,(H,26,27,29)/b19-10+. The Morgan fingerprint density at radius 2 is 2.00 bits per heavy atom. The van der Waals surface area contributed by atoms with Gasteiger partial charge in [0.2, 0.25) is 0 Å². The van der Waals surface area contributed by atoms with Gasteiger partial charge < -0.3 is 10.4 Å². The van der Waals surface area contributed by atoms with Crippen LogP contribution in [-0.4, -0.2) is 42.3 Å². The molecule has 0 spiro atoms. The third kappa shape index (κ3) is 6.25. The molecule has 0 saturated heterocycles. The van der Waals surface area contributed by atoms with E-state index in [2.05, 4.69) is 21.9 Å². The summed E-state index contributed by atoms with van der Waals surface area (Å²) >= 11 is 6.23. The fraction of sp³-hybridized carbons (Fsp3) is 0.348. The van der Waals surface area contributed by atoms with Gasteiger partial charge in [0.05, 0.1) is 34.6 Å². The highest BCUT2D eigenvalue weighted by Gasteiger charge is 2.21. The van der Waals surface area contributed by atoms with Gasteiger partial charge in [-0.3, -0.25) is 9.78 Å². The van der Waals surface area contributed by atoms with Gasteiger partial charge >= 0.3 is 0 Å². The molecule has 1 aliphatic rings. The van der Waals surface area contributed by atoms with E-state index in [1.807, 2.05) is 6.08 Å². The third-order valence-electron chi connectivity index (χ3n) is 5.29. The third-order valence-corrected chi connectivity index (χ3v) is 6.87. The molecule has 1 aliphatic carbocycles. The zero-order valence-corrected chi connectivity index (χ0v) is 19.4. The van der Waals surface area contributed by atoms with E-state index in [9.17, 15) is 13.2 Å². The summed E-state index contributed by atoms with van der Waals surface area (Å²) in [6, 6.07) is 4.52. The minimum Gasteiger partial charge on any atom is -0.392 e. The van der Waals surface area contributed by atoms with Crippen LogP contribution < -0.4 is 5.32 Å². The number of anilines is 1. The quantitative estimate of drug-likeness (QED) is 0.443. The molecule has 7 nitrogen and oxygen atoms in total. The molecule has 0 bridgehead atoms. The van der Waals surface area contributed by atoms with E-state index < -0.39 is 9.84 Å². The average Bonchev–Trinajstić information content (AvgIpc) is 3.25. The van der Waals surface area contributed by atoms with Gasteiger partial charge in [-0.05, 0) is 42.0 Å². The summed E-state index contributed by atoms with van der Waals surface area (Å²) in [5.74, 6) is 0.175. The van der Waals surface area contributed by atoms with E-state index in [-0.39, 0.29) is 34.2 Å². The lowest BCUT2D eigenvalue weighted by atomic mass is 9.98. The lowest BCUT2D eigenvalue weighted by Gasteiger charge is -2.13. The van der Waals surface area contributed by atoms with Gasteiger partial charge in [0, 0.05) is 18.2 Å². The number of amides is 1. The second kappa shape index (κ2) is 10.4. The van der Waals surface area contributed by atoms with Gasteiger partial charge in [0.25, 0.3) is 5.91 Å². The van der Waals surface area contributed by atoms with Crippen molar-refractivity contribution in [3.05, 3.63) is 65.1 Å². The Balaban J connectivity index is 1.87. The Morgan fingerprint density at radius 3 is 2.56 bits per heavy atom. The van der Waals surface area contributed by atoms with Crippen LogP contribution in [0, 0.1) is 5.92 Å². The molecule has 1 aromatic carbocycles. The van der Waals surface area contributed by atoms with Crippen molar-refractivity contribution in [3.63, 3.8) is 0 Å². The Hall–Kier alpha value is -2.55. The summed E-state index contributed by atoms with van der Waals surface area (Å²) in [5.41, 5.74) is 2.20. The molecule has 32 heavy (non-hydrogen) atoms. The van der Waals surface area contributed by atoms with Crippen molar-refractivity contribution in [2.24, 2.45) is 5.92 Å². The van der Waals surface area contributed by atoms with Crippen LogP contribution >= 0.6 is 11.6 Å². The molecule has 1 heterocycles. The maximum absolute atomic E-state index is 13.1. The van der Waals surface area contributed by atoms with Gasteiger partial charge in [0.1, 0.15) is 0 Å². The second-order valence-corrected chi connectivity index (χ2v) is 10.4. The largest absolute Gasteiger partial charge is 0.392 e. The maximum atomic E-state index is 13.1. The molecule has 1 saturated carbocycles. The fourth-order valence-corrected chi connectivity index (χ4v) is 4.97. The first kappa shape index (κ1) is 24.1. The molecule has 0 radical (unpaired) electrons. The molecule has 1 fully saturated rings. The first-order chi connectivity index (χ1) is 15.2. The first-order valence-corrected chi connectivity index (χ1v) is 12.6. The molecule has 0 atom stereocenters. The Morgan fingerprint density at radius 1 is 1.28 bits per heavy atom. The molecular weight excluding hydrogens is 450 g/mol. The lowest BCUT2D eigenvalue weighted by molar-refractivity contribution is -0.111. The number of aliphatic hydroxyl groups is 1. The van der Waals surface area contributed by atoms with Crippen molar-refractivity contribution in [2.75, 3.05) is 18.2 Å². The van der Waals surface area contributed by atoms with Crippen LogP contribution in [0.3, 0.4) is 0 Å². The Labute approximate surface area is 193 Å². The predicted molar refractivity (Wildman–Crippen MR) is 125 cm³/mol. The second-order valence-electron chi connectivity index (χ2n) is 7.97. The molecule has 0 unspecified atom stereocenters. The van der Waals surface area contributed by atoms with Crippen molar-refractivity contribution >= 4 is 38.7 Å². The number of halogens is 1. The number of carbonyl (C=O) groups is 1. The first-order valence-electron chi connectivity index (χ1n) is 10.3. The highest BCUT2D eigenvalue weighted by molar-refractivity contribution is 7.90. The highest BCUT2D eigenvalue weighted by Crippen LogP contribution is 2.32. The number of benzene rings is 1. The van der Waals surface area contributed by atoms with Crippen LogP contribution in [0.2, 0.25) is 5.02 Å². The normalized spacial score (nSPS) is 15.0. The van der Waals surface area contributed by atoms with Crippen LogP contribution in [-0.2, 0) is 21.1 Å². The van der Waals surface area contributed by atoms with Gasteiger partial charge in [0.15, 0.2) is 15.7 Å². The zero-order valence-electron chi connectivity index (χ0n) is 17.8. The monoisotopic (exact) mass is 475 g/mol. The van der Waals surface area contributed by atoms with Crippen LogP contribution in [0.25, 0.3) is 5.57 Å². The summed E-state index contributed by atoms with van der Waals surface area (Å²) in [6.45, 7) is 3.60. The van der Waals surface area contributed by atoms with E-state index >= 15 is 0 Å². The van der Waals surface area contributed by atoms with Gasteiger partial charge in [-0.25, -0.2) is 13.4 Å². The number of sulfone groups is 1. The van der Waals surface area contributed by atoms with E-state index in [1.54, 1.807) is 6.07 Å². The molecule has 2 aromatic rings. The molecule has 0 aliphatic heterocycles. The average molecular weight is 476 g/mol. The van der Waals surface area contributed by atoms with Crippen molar-refractivity contribution in [2.45, 2.75) is 37.0 Å². The summed E-state index contributed by atoms with van der Waals surface area (Å²) in [5, 5.41) is 11.9. The number of allylic oxidation sites excluding steroid dienone is 1. The summed E-state index contributed by atoms with van der Waals surface area (Å²) in [6.07, 6.45) is 10.6. The van der Waals surface area contributed by atoms with Crippen molar-refractivity contribution in [1.82, 2.24) is 9.97 Å². The lowest BCUT2D eigenvalue weighted by Crippen LogP contribution is -2.16. The molecule has 9 heteroatoms. The van der Waals surface area contributed by atoms with Crippen molar-refractivity contribution in [1.29, 1.82) is 0 Å². The number of nitrogens with zero attached hydrogens (tertiary/aromatic N) is 2. The number of aliphatic hydroxyl groups excluding tert-OH is 1. The minimum atomic E-state index is -3.47. The molecule has 170 valence electrons. The highest BCUT2D eigenvalue weighted by atomic mass is 35.5. The SMILES string of the molecule is C=C(CO)Cc1cnc(NC(=O)/C(=C/C2CCCC2)c2ccc(S(C)(=O)=O)c(Cl)c2)cn1. The molecule has 1 amide bonds. The van der Waals surface area contributed by atoms with Crippen molar-refractivity contribution < 1.29 is 18.3 Å². The summed E-state index contributed by atoms with van der Waals surface area (Å²) in [7, 11) is -3.47. The van der Waals surface area contributed by atoms with E-state index in [4.69, 9.17) is 16.7 Å². The fourth-order valence-electron chi connectivity index (χ4n) is 3.64. The number of carbonyl (C=O) groups excluding carboxylic acids is 1. The molecular formula is C23H26ClN3O4S. The van der Waals surface area contributed by atoms with Gasteiger partial charge in [-0.1, -0.05) is 43.2 Å². The topological polar surface area (TPSA) is 109 Å². The number of nitrogens with one attached hydrogen (secondary N) is 1. The minimum absolute atomic E-state index is 0.0227. The summed E-state index contributed by atoms with van der Waals surface area (Å²) in [4.78, 5) is 21.6. The molecule has 1 aromatic heterocycles. The van der Waals surface area contributed by atoms with Gasteiger partial charge in [-0.15, -0.1) is 0 Å². The number of hydrogen-bond donors (Lipinski definition) is 2. The van der Waals surface area contributed by atoms with Crippen molar-refractivity contribution in [3.8, 4) is 0 Å². The van der Waals surface area contributed by atoms with E-state index in [0.29, 0.717) is 28.8 Å². The zero-order chi connectivity index (χ0) is 23.3. The molecule has 3 rings (SSSR count).